The van der Waals surface area contributed by atoms with Crippen molar-refractivity contribution in [1.29, 1.82) is 0 Å². The Hall–Kier alpha value is -4.67. The summed E-state index contributed by atoms with van der Waals surface area (Å²) in [6, 6.07) is 12.7. The van der Waals surface area contributed by atoms with E-state index in [2.05, 4.69) is 15.8 Å². The average Bonchev–Trinajstić information content (AvgIpc) is 3.46. The number of nitrogens with zero attached hydrogens (tertiary/aromatic N) is 2. The highest BCUT2D eigenvalue weighted by molar-refractivity contribution is 5.97. The van der Waals surface area contributed by atoms with Gasteiger partial charge in [0.2, 0.25) is 6.79 Å². The van der Waals surface area contributed by atoms with Gasteiger partial charge in [-0.3, -0.25) is 19.7 Å². The first-order valence-corrected chi connectivity index (χ1v) is 9.76. The van der Waals surface area contributed by atoms with Crippen molar-refractivity contribution in [3.8, 4) is 22.8 Å². The number of nitro benzene ring substituents is 1. The van der Waals surface area contributed by atoms with Crippen molar-refractivity contribution in [2.45, 2.75) is 6.92 Å². The number of hydrogen-bond donors (Lipinski definition) is 2. The normalized spacial score (nSPS) is 12.0. The van der Waals surface area contributed by atoms with Crippen molar-refractivity contribution in [2.24, 2.45) is 5.10 Å². The molecule has 0 radical (unpaired) electrons. The summed E-state index contributed by atoms with van der Waals surface area (Å²) in [6.45, 7) is 1.45. The molecule has 0 saturated heterocycles. The molecule has 0 atom stereocenters. The van der Waals surface area contributed by atoms with Gasteiger partial charge >= 0.3 is 0 Å². The Morgan fingerprint density at radius 1 is 1.15 bits per heavy atom. The number of carbonyl (C=O) groups excluding carboxylic acids is 2. The van der Waals surface area contributed by atoms with Crippen LogP contribution in [-0.4, -0.2) is 36.3 Å². The van der Waals surface area contributed by atoms with Gasteiger partial charge < -0.3 is 19.2 Å². The summed E-state index contributed by atoms with van der Waals surface area (Å²) in [7, 11) is 0. The van der Waals surface area contributed by atoms with E-state index < -0.39 is 16.7 Å². The lowest BCUT2D eigenvalue weighted by Crippen LogP contribution is -2.34. The highest BCUT2D eigenvalue weighted by atomic mass is 16.7. The van der Waals surface area contributed by atoms with Gasteiger partial charge in [0, 0.05) is 22.8 Å². The van der Waals surface area contributed by atoms with E-state index in [0.29, 0.717) is 39.7 Å². The van der Waals surface area contributed by atoms with Crippen LogP contribution in [0.1, 0.15) is 21.7 Å². The number of fused-ring (bicyclic) bond motifs is 1. The molecule has 11 heteroatoms. The number of hydrazone groups is 1. The quantitative estimate of drug-likeness (QED) is 0.320. The smallest absolute Gasteiger partial charge is 0.273 e. The monoisotopic (exact) mass is 450 g/mol. The topological polar surface area (TPSA) is 145 Å². The number of rotatable bonds is 7. The molecule has 0 spiro atoms. The van der Waals surface area contributed by atoms with Crippen LogP contribution < -0.4 is 20.2 Å². The number of benzene rings is 2. The zero-order valence-corrected chi connectivity index (χ0v) is 17.4. The molecule has 0 aliphatic carbocycles. The van der Waals surface area contributed by atoms with Gasteiger partial charge in [0.25, 0.3) is 17.5 Å². The molecular formula is C22H18N4O7. The van der Waals surface area contributed by atoms with Crippen LogP contribution in [0.15, 0.2) is 58.0 Å². The molecule has 1 aliphatic rings. The third-order valence-electron chi connectivity index (χ3n) is 4.82. The lowest BCUT2D eigenvalue weighted by atomic mass is 10.1. The average molecular weight is 450 g/mol. The zero-order valence-electron chi connectivity index (χ0n) is 17.4. The first-order chi connectivity index (χ1) is 15.9. The van der Waals surface area contributed by atoms with E-state index in [4.69, 9.17) is 13.9 Å². The Labute approximate surface area is 187 Å². The first-order valence-electron chi connectivity index (χ1n) is 9.76. The molecule has 1 aliphatic heterocycles. The van der Waals surface area contributed by atoms with Crippen LogP contribution in [0.5, 0.6) is 11.5 Å². The van der Waals surface area contributed by atoms with Crippen LogP contribution in [0, 0.1) is 17.0 Å². The second-order valence-electron chi connectivity index (χ2n) is 6.95. The molecule has 1 aromatic heterocycles. The van der Waals surface area contributed by atoms with E-state index in [-0.39, 0.29) is 19.0 Å². The predicted octanol–water partition coefficient (Wildman–Crippen LogP) is 2.77. The fourth-order valence-corrected chi connectivity index (χ4v) is 3.16. The fourth-order valence-electron chi connectivity index (χ4n) is 3.16. The van der Waals surface area contributed by atoms with Crippen molar-refractivity contribution in [2.75, 3.05) is 13.3 Å². The molecule has 0 saturated carbocycles. The molecule has 4 rings (SSSR count). The maximum absolute atomic E-state index is 12.2. The Balaban J connectivity index is 1.30. The van der Waals surface area contributed by atoms with Gasteiger partial charge in [-0.15, -0.1) is 0 Å². The van der Waals surface area contributed by atoms with E-state index in [1.54, 1.807) is 43.3 Å². The van der Waals surface area contributed by atoms with Crippen molar-refractivity contribution in [1.82, 2.24) is 10.7 Å². The molecule has 2 amide bonds. The van der Waals surface area contributed by atoms with E-state index in [0.717, 1.165) is 0 Å². The van der Waals surface area contributed by atoms with E-state index in [1.165, 1.54) is 18.3 Å². The Morgan fingerprint density at radius 3 is 2.79 bits per heavy atom. The Bertz CT molecular complexity index is 1270. The molecule has 168 valence electrons. The van der Waals surface area contributed by atoms with E-state index in [9.17, 15) is 19.7 Å². The lowest BCUT2D eigenvalue weighted by Gasteiger charge is -2.05. The van der Waals surface area contributed by atoms with Crippen LogP contribution >= 0.6 is 0 Å². The van der Waals surface area contributed by atoms with Crippen LogP contribution in [0.25, 0.3) is 11.3 Å². The highest BCUT2D eigenvalue weighted by Crippen LogP contribution is 2.32. The molecule has 2 aromatic carbocycles. The van der Waals surface area contributed by atoms with Gasteiger partial charge in [0.1, 0.15) is 11.5 Å². The third-order valence-corrected chi connectivity index (χ3v) is 4.82. The fraction of sp³-hybridized carbons (Fsp3) is 0.136. The van der Waals surface area contributed by atoms with Crippen LogP contribution in [0.3, 0.4) is 0 Å². The number of ether oxygens (including phenoxy) is 2. The Morgan fingerprint density at radius 2 is 1.97 bits per heavy atom. The standard InChI is InChI=1S/C22H18N4O7/c1-13-16(3-2-4-17(13)26(29)30)18-8-6-15(33-18)10-24-25-21(27)11-23-22(28)14-5-7-19-20(9-14)32-12-31-19/h2-10H,11-12H2,1H3,(H,23,28)(H,25,27)/b24-10-. The molecule has 3 aromatic rings. The van der Waals surface area contributed by atoms with Gasteiger partial charge in [-0.25, -0.2) is 5.43 Å². The largest absolute Gasteiger partial charge is 0.455 e. The Kier molecular flexibility index (Phi) is 6.02. The van der Waals surface area contributed by atoms with Gasteiger partial charge in [0.05, 0.1) is 17.7 Å². The van der Waals surface area contributed by atoms with E-state index in [1.807, 2.05) is 0 Å². The summed E-state index contributed by atoms with van der Waals surface area (Å²) in [5.74, 6) is 0.799. The third kappa shape index (κ3) is 4.82. The van der Waals surface area contributed by atoms with Crippen molar-refractivity contribution < 1.29 is 28.4 Å². The van der Waals surface area contributed by atoms with Crippen LogP contribution in [0.2, 0.25) is 0 Å². The number of furan rings is 1. The zero-order chi connectivity index (χ0) is 23.4. The summed E-state index contributed by atoms with van der Waals surface area (Å²) in [5, 5.41) is 17.4. The molecule has 33 heavy (non-hydrogen) atoms. The number of nitrogens with one attached hydrogen (secondary N) is 2. The second-order valence-corrected chi connectivity index (χ2v) is 6.95. The maximum Gasteiger partial charge on any atom is 0.273 e. The second kappa shape index (κ2) is 9.22. The van der Waals surface area contributed by atoms with Crippen molar-refractivity contribution in [3.63, 3.8) is 0 Å². The van der Waals surface area contributed by atoms with Crippen molar-refractivity contribution >= 4 is 23.7 Å². The molecule has 0 bridgehead atoms. The summed E-state index contributed by atoms with van der Waals surface area (Å²) < 4.78 is 16.1. The number of amides is 2. The summed E-state index contributed by atoms with van der Waals surface area (Å²) >= 11 is 0. The van der Waals surface area contributed by atoms with Crippen LogP contribution in [0.4, 0.5) is 5.69 Å². The molecule has 0 fully saturated rings. The molecular weight excluding hydrogens is 432 g/mol. The van der Waals surface area contributed by atoms with E-state index >= 15 is 0 Å². The summed E-state index contributed by atoms with van der Waals surface area (Å²) in [5.41, 5.74) is 3.67. The van der Waals surface area contributed by atoms with Crippen LogP contribution in [-0.2, 0) is 4.79 Å². The minimum atomic E-state index is -0.540. The maximum atomic E-state index is 12.2. The minimum absolute atomic E-state index is 0.00539. The summed E-state index contributed by atoms with van der Waals surface area (Å²) in [4.78, 5) is 34.8. The van der Waals surface area contributed by atoms with Gasteiger partial charge in [-0.05, 0) is 37.3 Å². The minimum Gasteiger partial charge on any atom is -0.455 e. The van der Waals surface area contributed by atoms with Gasteiger partial charge in [-0.1, -0.05) is 12.1 Å². The van der Waals surface area contributed by atoms with Gasteiger partial charge in [-0.2, -0.15) is 5.10 Å². The predicted molar refractivity (Wildman–Crippen MR) is 116 cm³/mol. The molecule has 2 N–H and O–H groups in total. The number of hydrogen-bond acceptors (Lipinski definition) is 8. The SMILES string of the molecule is Cc1c(-c2ccc(/C=N\NC(=O)CNC(=O)c3ccc4c(c3)OCO4)o2)cccc1[N+](=O)[O-]. The molecule has 0 unspecified atom stereocenters. The molecule has 11 nitrogen and oxygen atoms in total. The summed E-state index contributed by atoms with van der Waals surface area (Å²) in [6.07, 6.45) is 1.29. The van der Waals surface area contributed by atoms with Gasteiger partial charge in [0.15, 0.2) is 11.5 Å². The first kappa shape index (κ1) is 21.6. The molecule has 2 heterocycles. The van der Waals surface area contributed by atoms with Crippen molar-refractivity contribution in [3.05, 3.63) is 75.5 Å². The number of carbonyl (C=O) groups is 2. The lowest BCUT2D eigenvalue weighted by molar-refractivity contribution is -0.385. The highest BCUT2D eigenvalue weighted by Gasteiger charge is 2.17. The number of nitro groups is 1.